The second-order valence-corrected chi connectivity index (χ2v) is 5.67. The van der Waals surface area contributed by atoms with Crippen molar-refractivity contribution in [3.8, 4) is 0 Å². The monoisotopic (exact) mass is 225 g/mol. The molecule has 1 atom stereocenters. The van der Waals surface area contributed by atoms with Crippen LogP contribution in [0.1, 0.15) is 34.6 Å². The number of esters is 1. The number of rotatable bonds is 2. The molecule has 0 bridgehead atoms. The van der Waals surface area contributed by atoms with E-state index >= 15 is 0 Å². The van der Waals surface area contributed by atoms with Crippen LogP contribution < -0.4 is 0 Å². The Hall–Kier alpha value is -0.830. The fourth-order valence-electron chi connectivity index (χ4n) is 1.53. The highest BCUT2D eigenvalue weighted by Crippen LogP contribution is 2.18. The van der Waals surface area contributed by atoms with Crippen molar-refractivity contribution >= 4 is 5.97 Å². The van der Waals surface area contributed by atoms with Crippen LogP contribution in [0.25, 0.3) is 0 Å². The summed E-state index contributed by atoms with van der Waals surface area (Å²) in [5.41, 5.74) is -0.423. The van der Waals surface area contributed by atoms with E-state index in [1.54, 1.807) is 0 Å². The fraction of sp³-hybridized carbons (Fsp3) is 0.769. The first-order valence-electron chi connectivity index (χ1n) is 5.92. The van der Waals surface area contributed by atoms with E-state index in [0.717, 1.165) is 13.1 Å². The Labute approximate surface area is 98.5 Å². The average Bonchev–Trinajstić information content (AvgIpc) is 2.16. The number of hydrogen-bond donors (Lipinski definition) is 0. The number of ether oxygens (including phenoxy) is 1. The first-order valence-corrected chi connectivity index (χ1v) is 5.92. The van der Waals surface area contributed by atoms with Gasteiger partial charge in [0, 0.05) is 19.1 Å². The molecule has 0 amide bonds. The molecule has 0 radical (unpaired) electrons. The van der Waals surface area contributed by atoms with E-state index in [0.29, 0.717) is 6.04 Å². The zero-order valence-electron chi connectivity index (χ0n) is 11.0. The van der Waals surface area contributed by atoms with Crippen molar-refractivity contribution in [2.45, 2.75) is 46.8 Å². The van der Waals surface area contributed by atoms with E-state index in [-0.39, 0.29) is 12.1 Å². The lowest BCUT2D eigenvalue weighted by Gasteiger charge is -2.32. The van der Waals surface area contributed by atoms with Gasteiger partial charge in [-0.25, -0.2) is 0 Å². The fourth-order valence-corrected chi connectivity index (χ4v) is 1.53. The summed E-state index contributed by atoms with van der Waals surface area (Å²) in [6.07, 6.45) is 3.97. The molecule has 3 heteroatoms. The van der Waals surface area contributed by atoms with Gasteiger partial charge in [0.25, 0.3) is 0 Å². The third kappa shape index (κ3) is 3.63. The molecule has 16 heavy (non-hydrogen) atoms. The second kappa shape index (κ2) is 5.00. The predicted molar refractivity (Wildman–Crippen MR) is 65.2 cm³/mol. The molecule has 0 aromatic carbocycles. The van der Waals surface area contributed by atoms with Crippen LogP contribution in [0.5, 0.6) is 0 Å². The summed E-state index contributed by atoms with van der Waals surface area (Å²) in [4.78, 5) is 14.0. The van der Waals surface area contributed by atoms with Gasteiger partial charge >= 0.3 is 5.97 Å². The van der Waals surface area contributed by atoms with E-state index in [1.165, 1.54) is 0 Å². The minimum Gasteiger partial charge on any atom is -0.456 e. The van der Waals surface area contributed by atoms with Crippen LogP contribution in [-0.4, -0.2) is 36.1 Å². The van der Waals surface area contributed by atoms with Crippen molar-refractivity contribution in [3.05, 3.63) is 12.2 Å². The maximum Gasteiger partial charge on any atom is 0.311 e. The Morgan fingerprint density at radius 3 is 2.56 bits per heavy atom. The Balaban J connectivity index is 2.53. The zero-order chi connectivity index (χ0) is 12.3. The van der Waals surface area contributed by atoms with Crippen LogP contribution in [0.4, 0.5) is 0 Å². The van der Waals surface area contributed by atoms with Gasteiger partial charge in [-0.1, -0.05) is 6.08 Å². The topological polar surface area (TPSA) is 29.5 Å². The molecule has 0 saturated carbocycles. The highest BCUT2D eigenvalue weighted by atomic mass is 16.5. The standard InChI is InChI=1S/C13H23NO2/c1-10(2)14-8-6-7-11(9-14)16-12(15)13(3,4)5/h6-7,10-11H,8-9H2,1-5H3. The quantitative estimate of drug-likeness (QED) is 0.533. The third-order valence-electron chi connectivity index (χ3n) is 2.71. The van der Waals surface area contributed by atoms with Crippen LogP contribution in [0, 0.1) is 5.41 Å². The van der Waals surface area contributed by atoms with Gasteiger partial charge < -0.3 is 4.74 Å². The van der Waals surface area contributed by atoms with Crippen LogP contribution in [0.15, 0.2) is 12.2 Å². The number of nitrogens with zero attached hydrogens (tertiary/aromatic N) is 1. The minimum atomic E-state index is -0.423. The van der Waals surface area contributed by atoms with E-state index in [1.807, 2.05) is 26.8 Å². The summed E-state index contributed by atoms with van der Waals surface area (Å²) in [6, 6.07) is 0.487. The second-order valence-electron chi connectivity index (χ2n) is 5.67. The molecule has 3 nitrogen and oxygen atoms in total. The maximum atomic E-state index is 11.7. The summed E-state index contributed by atoms with van der Waals surface area (Å²) in [5, 5.41) is 0. The van der Waals surface area contributed by atoms with Gasteiger partial charge in [-0.15, -0.1) is 0 Å². The Morgan fingerprint density at radius 1 is 1.44 bits per heavy atom. The van der Waals surface area contributed by atoms with Gasteiger partial charge in [0.1, 0.15) is 6.10 Å². The van der Waals surface area contributed by atoms with Gasteiger partial charge in [0.15, 0.2) is 0 Å². The highest BCUT2D eigenvalue weighted by molar-refractivity contribution is 5.75. The predicted octanol–water partition coefficient (Wildman–Crippen LogP) is 2.22. The highest BCUT2D eigenvalue weighted by Gasteiger charge is 2.27. The van der Waals surface area contributed by atoms with Crippen LogP contribution in [0.2, 0.25) is 0 Å². The summed E-state index contributed by atoms with van der Waals surface area (Å²) < 4.78 is 5.47. The molecule has 1 aliphatic heterocycles. The molecule has 0 aromatic heterocycles. The molecule has 0 aliphatic carbocycles. The van der Waals surface area contributed by atoms with Crippen molar-refractivity contribution in [2.75, 3.05) is 13.1 Å². The number of hydrogen-bond acceptors (Lipinski definition) is 3. The summed E-state index contributed by atoms with van der Waals surface area (Å²) >= 11 is 0. The normalized spacial score (nSPS) is 22.5. The molecule has 0 aromatic rings. The molecule has 1 aliphatic rings. The Morgan fingerprint density at radius 2 is 2.06 bits per heavy atom. The molecule has 0 fully saturated rings. The molecule has 0 saturated heterocycles. The zero-order valence-corrected chi connectivity index (χ0v) is 11.0. The molecule has 1 unspecified atom stereocenters. The van der Waals surface area contributed by atoms with Gasteiger partial charge in [-0.3, -0.25) is 9.69 Å². The maximum absolute atomic E-state index is 11.7. The van der Waals surface area contributed by atoms with Crippen LogP contribution in [-0.2, 0) is 9.53 Å². The van der Waals surface area contributed by atoms with Gasteiger partial charge in [0.2, 0.25) is 0 Å². The lowest BCUT2D eigenvalue weighted by Crippen LogP contribution is -2.42. The van der Waals surface area contributed by atoms with Crippen molar-refractivity contribution in [1.29, 1.82) is 0 Å². The number of carbonyl (C=O) groups excluding carboxylic acids is 1. The van der Waals surface area contributed by atoms with E-state index in [9.17, 15) is 4.79 Å². The number of carbonyl (C=O) groups is 1. The first-order chi connectivity index (χ1) is 7.30. The molecule has 92 valence electrons. The largest absolute Gasteiger partial charge is 0.456 e. The lowest BCUT2D eigenvalue weighted by atomic mass is 9.97. The minimum absolute atomic E-state index is 0.0946. The van der Waals surface area contributed by atoms with E-state index < -0.39 is 5.41 Å². The molecule has 0 N–H and O–H groups in total. The smallest absolute Gasteiger partial charge is 0.311 e. The van der Waals surface area contributed by atoms with E-state index in [4.69, 9.17) is 4.74 Å². The van der Waals surface area contributed by atoms with Crippen molar-refractivity contribution in [3.63, 3.8) is 0 Å². The SMILES string of the molecule is CC(C)N1CC=CC(OC(=O)C(C)(C)C)C1. The molecular formula is C13H23NO2. The van der Waals surface area contributed by atoms with Gasteiger partial charge in [-0.05, 0) is 40.7 Å². The third-order valence-corrected chi connectivity index (χ3v) is 2.71. The van der Waals surface area contributed by atoms with Crippen molar-refractivity contribution in [1.82, 2.24) is 4.90 Å². The Kier molecular flexibility index (Phi) is 4.14. The van der Waals surface area contributed by atoms with Gasteiger partial charge in [0.05, 0.1) is 5.41 Å². The van der Waals surface area contributed by atoms with Crippen molar-refractivity contribution < 1.29 is 9.53 Å². The molecular weight excluding hydrogens is 202 g/mol. The molecule has 1 rings (SSSR count). The molecule has 1 heterocycles. The van der Waals surface area contributed by atoms with Crippen molar-refractivity contribution in [2.24, 2.45) is 5.41 Å². The summed E-state index contributed by atoms with van der Waals surface area (Å²) in [5.74, 6) is -0.132. The van der Waals surface area contributed by atoms with Crippen LogP contribution in [0.3, 0.4) is 0 Å². The lowest BCUT2D eigenvalue weighted by molar-refractivity contribution is -0.157. The summed E-state index contributed by atoms with van der Waals surface area (Å²) in [6.45, 7) is 11.7. The first kappa shape index (κ1) is 13.2. The van der Waals surface area contributed by atoms with Gasteiger partial charge in [-0.2, -0.15) is 0 Å². The van der Waals surface area contributed by atoms with Crippen LogP contribution >= 0.6 is 0 Å². The summed E-state index contributed by atoms with van der Waals surface area (Å²) in [7, 11) is 0. The molecule has 0 spiro atoms. The van der Waals surface area contributed by atoms with E-state index in [2.05, 4.69) is 24.8 Å². The average molecular weight is 225 g/mol. The Bertz CT molecular complexity index is 276.